The van der Waals surface area contributed by atoms with Gasteiger partial charge in [0.25, 0.3) is 0 Å². The van der Waals surface area contributed by atoms with E-state index in [-0.39, 0.29) is 5.41 Å². The highest BCUT2D eigenvalue weighted by molar-refractivity contribution is 6.59. The average Bonchev–Trinajstić information content (AvgIpc) is 3.02. The lowest BCUT2D eigenvalue weighted by molar-refractivity contribution is 0.00578. The van der Waals surface area contributed by atoms with Crippen LogP contribution < -0.4 is 5.79 Å². The lowest BCUT2D eigenvalue weighted by atomic mass is 9.87. The number of aromatic nitrogens is 2. The predicted octanol–water partition coefficient (Wildman–Crippen LogP) is 3.33. The Labute approximate surface area is 143 Å². The molecule has 3 rings (SSSR count). The summed E-state index contributed by atoms with van der Waals surface area (Å²) in [6.45, 7) is 14.5. The summed E-state index contributed by atoms with van der Waals surface area (Å²) >= 11 is 0. The molecular weight excluding hydrogens is 303 g/mol. The molecule has 1 aromatic heterocycles. The Morgan fingerprint density at radius 2 is 1.42 bits per heavy atom. The number of hydrogen-bond acceptors (Lipinski definition) is 5. The number of rotatable bonds is 2. The van der Waals surface area contributed by atoms with Gasteiger partial charge >= 0.3 is 7.12 Å². The molecule has 1 aliphatic rings. The van der Waals surface area contributed by atoms with E-state index in [1.54, 1.807) is 0 Å². The summed E-state index contributed by atoms with van der Waals surface area (Å²) in [5.41, 5.74) is 1.40. The zero-order valence-corrected chi connectivity index (χ0v) is 15.5. The lowest BCUT2D eigenvalue weighted by Crippen LogP contribution is -2.41. The van der Waals surface area contributed by atoms with Gasteiger partial charge in [0, 0.05) is 5.56 Å². The van der Waals surface area contributed by atoms with Crippen molar-refractivity contribution in [2.75, 3.05) is 0 Å². The fraction of sp³-hybridized carbons (Fsp3) is 0.556. The van der Waals surface area contributed by atoms with Crippen LogP contribution in [0.3, 0.4) is 0 Å². The van der Waals surface area contributed by atoms with Gasteiger partial charge in [0.2, 0.25) is 11.7 Å². The summed E-state index contributed by atoms with van der Waals surface area (Å²) in [5.74, 6) is 0.823. The van der Waals surface area contributed by atoms with Gasteiger partial charge in [-0.2, -0.15) is 0 Å². The summed E-state index contributed by atoms with van der Waals surface area (Å²) in [4.78, 5) is 0. The fourth-order valence-corrected chi connectivity index (χ4v) is 2.50. The molecule has 0 saturated carbocycles. The summed E-state index contributed by atoms with van der Waals surface area (Å²) in [7, 11) is -0.634. The van der Waals surface area contributed by atoms with E-state index in [1.807, 2.05) is 39.8 Å². The zero-order valence-electron chi connectivity index (χ0n) is 15.5. The SMILES string of the molecule is CC(C)(C)c1ccc(-c2nnc(B3OC(C)(C)C(C)(C)O3)o2)cc1. The first-order valence-corrected chi connectivity index (χ1v) is 8.30. The molecular formula is C18H25BN2O3. The minimum atomic E-state index is -0.634. The summed E-state index contributed by atoms with van der Waals surface area (Å²) in [6, 6.07) is 8.19. The Morgan fingerprint density at radius 3 is 1.92 bits per heavy atom. The van der Waals surface area contributed by atoms with Crippen LogP contribution in [0.4, 0.5) is 0 Å². The quantitative estimate of drug-likeness (QED) is 0.792. The molecule has 2 aromatic rings. The second-order valence-corrected chi connectivity index (χ2v) is 8.36. The van der Waals surface area contributed by atoms with E-state index >= 15 is 0 Å². The third kappa shape index (κ3) is 3.00. The molecule has 0 N–H and O–H groups in total. The minimum absolute atomic E-state index is 0.112. The standard InChI is InChI=1S/C18H25BN2O3/c1-16(2,3)13-10-8-12(9-11-13)14-20-21-15(22-14)19-23-17(4,5)18(6,7)24-19/h8-11H,1-7H3. The molecule has 1 fully saturated rings. The van der Waals surface area contributed by atoms with Crippen LogP contribution in [0, 0.1) is 0 Å². The van der Waals surface area contributed by atoms with Crippen molar-refractivity contribution in [1.29, 1.82) is 0 Å². The maximum Gasteiger partial charge on any atom is 0.557 e. The van der Waals surface area contributed by atoms with Crippen LogP contribution in [0.5, 0.6) is 0 Å². The van der Waals surface area contributed by atoms with Crippen LogP contribution in [0.15, 0.2) is 28.7 Å². The first kappa shape index (κ1) is 17.2. The van der Waals surface area contributed by atoms with Gasteiger partial charge in [-0.05, 0) is 50.8 Å². The van der Waals surface area contributed by atoms with Crippen LogP contribution in [0.2, 0.25) is 0 Å². The van der Waals surface area contributed by atoms with Gasteiger partial charge in [-0.3, -0.25) is 0 Å². The van der Waals surface area contributed by atoms with Crippen molar-refractivity contribution in [3.05, 3.63) is 29.8 Å². The van der Waals surface area contributed by atoms with Crippen molar-refractivity contribution in [1.82, 2.24) is 10.2 Å². The molecule has 6 heteroatoms. The van der Waals surface area contributed by atoms with Crippen LogP contribution in [0.1, 0.15) is 54.0 Å². The molecule has 1 aliphatic heterocycles. The van der Waals surface area contributed by atoms with E-state index in [0.717, 1.165) is 5.56 Å². The summed E-state index contributed by atoms with van der Waals surface area (Å²) in [6.07, 6.45) is 0. The molecule has 0 radical (unpaired) electrons. The van der Waals surface area contributed by atoms with Gasteiger partial charge in [0.15, 0.2) is 0 Å². The Bertz CT molecular complexity index is 713. The van der Waals surface area contributed by atoms with Gasteiger partial charge in [-0.15, -0.1) is 10.2 Å². The Hall–Kier alpha value is -1.66. The fourth-order valence-electron chi connectivity index (χ4n) is 2.50. The third-order valence-electron chi connectivity index (χ3n) is 4.89. The van der Waals surface area contributed by atoms with Crippen molar-refractivity contribution in [3.8, 4) is 11.5 Å². The lowest BCUT2D eigenvalue weighted by Gasteiger charge is -2.32. The van der Waals surface area contributed by atoms with E-state index in [2.05, 4.69) is 43.1 Å². The van der Waals surface area contributed by atoms with Crippen molar-refractivity contribution < 1.29 is 13.7 Å². The highest BCUT2D eigenvalue weighted by atomic mass is 16.7. The largest absolute Gasteiger partial charge is 0.557 e. The van der Waals surface area contributed by atoms with E-state index in [4.69, 9.17) is 13.7 Å². The first-order valence-electron chi connectivity index (χ1n) is 8.30. The third-order valence-corrected chi connectivity index (χ3v) is 4.89. The Kier molecular flexibility index (Phi) is 3.88. The Morgan fingerprint density at radius 1 is 0.875 bits per heavy atom. The predicted molar refractivity (Wildman–Crippen MR) is 94.2 cm³/mol. The maximum atomic E-state index is 5.94. The molecule has 0 aliphatic carbocycles. The molecule has 128 valence electrons. The van der Waals surface area contributed by atoms with Gasteiger partial charge in [-0.25, -0.2) is 0 Å². The molecule has 0 bridgehead atoms. The van der Waals surface area contributed by atoms with E-state index in [9.17, 15) is 0 Å². The number of nitrogens with zero attached hydrogens (tertiary/aromatic N) is 2. The number of benzene rings is 1. The summed E-state index contributed by atoms with van der Waals surface area (Å²) in [5, 5.41) is 8.25. The van der Waals surface area contributed by atoms with E-state index in [1.165, 1.54) is 5.56 Å². The smallest absolute Gasteiger partial charge is 0.424 e. The van der Waals surface area contributed by atoms with Crippen molar-refractivity contribution in [2.45, 2.75) is 65.1 Å². The molecule has 1 saturated heterocycles. The Balaban J connectivity index is 1.82. The highest BCUT2D eigenvalue weighted by Gasteiger charge is 2.54. The normalized spacial score (nSPS) is 19.7. The minimum Gasteiger partial charge on any atom is -0.424 e. The van der Waals surface area contributed by atoms with E-state index in [0.29, 0.717) is 11.7 Å². The highest BCUT2D eigenvalue weighted by Crippen LogP contribution is 2.36. The molecule has 0 atom stereocenters. The van der Waals surface area contributed by atoms with Gasteiger partial charge in [-0.1, -0.05) is 32.9 Å². The molecule has 0 amide bonds. The molecule has 0 spiro atoms. The topological polar surface area (TPSA) is 57.4 Å². The zero-order chi connectivity index (χ0) is 17.8. The molecule has 1 aromatic carbocycles. The monoisotopic (exact) mass is 328 g/mol. The first-order chi connectivity index (χ1) is 11.0. The average molecular weight is 328 g/mol. The number of hydrogen-bond donors (Lipinski definition) is 0. The van der Waals surface area contributed by atoms with Crippen LogP contribution in [-0.4, -0.2) is 28.5 Å². The maximum absolute atomic E-state index is 5.94. The second kappa shape index (κ2) is 5.43. The van der Waals surface area contributed by atoms with Gasteiger partial charge in [0.1, 0.15) is 0 Å². The molecule has 24 heavy (non-hydrogen) atoms. The van der Waals surface area contributed by atoms with Crippen molar-refractivity contribution >= 4 is 12.9 Å². The molecule has 0 unspecified atom stereocenters. The molecule has 5 nitrogen and oxygen atoms in total. The second-order valence-electron chi connectivity index (χ2n) is 8.36. The van der Waals surface area contributed by atoms with Gasteiger partial charge < -0.3 is 13.7 Å². The van der Waals surface area contributed by atoms with E-state index < -0.39 is 18.3 Å². The van der Waals surface area contributed by atoms with Gasteiger partial charge in [0.05, 0.1) is 11.2 Å². The van der Waals surface area contributed by atoms with Crippen LogP contribution >= 0.6 is 0 Å². The van der Waals surface area contributed by atoms with Crippen LogP contribution in [-0.2, 0) is 14.7 Å². The van der Waals surface area contributed by atoms with Crippen molar-refractivity contribution in [3.63, 3.8) is 0 Å². The molecule has 2 heterocycles. The summed E-state index contributed by atoms with van der Waals surface area (Å²) < 4.78 is 17.7. The van der Waals surface area contributed by atoms with Crippen LogP contribution in [0.25, 0.3) is 11.5 Å². The van der Waals surface area contributed by atoms with Crippen molar-refractivity contribution in [2.24, 2.45) is 0 Å².